The molecule has 2 N–H and O–H groups in total. The van der Waals surface area contributed by atoms with E-state index in [4.69, 9.17) is 5.73 Å². The fourth-order valence-electron chi connectivity index (χ4n) is 2.55. The number of aromatic nitrogens is 1. The smallest absolute Gasteiger partial charge is 0.325 e. The number of rotatable bonds is 2. The van der Waals surface area contributed by atoms with Crippen LogP contribution in [0, 0.1) is 12.8 Å². The van der Waals surface area contributed by atoms with Crippen LogP contribution in [-0.4, -0.2) is 16.7 Å². The van der Waals surface area contributed by atoms with Gasteiger partial charge in [-0.1, -0.05) is 0 Å². The van der Waals surface area contributed by atoms with E-state index in [0.29, 0.717) is 19.3 Å². The summed E-state index contributed by atoms with van der Waals surface area (Å²) in [7, 11) is 0. The van der Waals surface area contributed by atoms with Crippen LogP contribution in [0.25, 0.3) is 0 Å². The van der Waals surface area contributed by atoms with Crippen LogP contribution < -0.4 is 5.73 Å². The van der Waals surface area contributed by atoms with Crippen LogP contribution in [0.4, 0.5) is 13.2 Å². The summed E-state index contributed by atoms with van der Waals surface area (Å²) in [6, 6.07) is 0. The van der Waals surface area contributed by atoms with E-state index in [-0.39, 0.29) is 12.8 Å². The Hall–Kier alpha value is -0.620. The normalized spacial score (nSPS) is 29.5. The van der Waals surface area contributed by atoms with Gasteiger partial charge >= 0.3 is 6.18 Å². The Bertz CT molecular complexity index is 406. The lowest BCUT2D eigenvalue weighted by Gasteiger charge is -2.37. The highest BCUT2D eigenvalue weighted by atomic mass is 32.1. The number of thiazole rings is 1. The topological polar surface area (TPSA) is 38.9 Å². The maximum Gasteiger partial charge on any atom is 0.391 e. The van der Waals surface area contributed by atoms with Crippen LogP contribution in [-0.2, 0) is 6.42 Å². The highest BCUT2D eigenvalue weighted by Gasteiger charge is 2.44. The molecule has 1 aromatic heterocycles. The number of halogens is 3. The Labute approximate surface area is 108 Å². The molecule has 18 heavy (non-hydrogen) atoms. The van der Waals surface area contributed by atoms with Crippen LogP contribution >= 0.6 is 11.3 Å². The SMILES string of the molecule is Cc1nc(CC2(N)CCC(C(F)(F)F)CC2)cs1. The zero-order valence-corrected chi connectivity index (χ0v) is 11.1. The van der Waals surface area contributed by atoms with E-state index < -0.39 is 17.6 Å². The van der Waals surface area contributed by atoms with E-state index in [1.54, 1.807) is 11.3 Å². The van der Waals surface area contributed by atoms with Gasteiger partial charge in [0.15, 0.2) is 0 Å². The monoisotopic (exact) mass is 278 g/mol. The number of nitrogens with zero attached hydrogens (tertiary/aromatic N) is 1. The second kappa shape index (κ2) is 4.81. The third-order valence-electron chi connectivity index (χ3n) is 3.64. The molecular formula is C12H17F3N2S. The van der Waals surface area contributed by atoms with Crippen LogP contribution in [0.5, 0.6) is 0 Å². The Morgan fingerprint density at radius 2 is 2.06 bits per heavy atom. The minimum atomic E-state index is -4.07. The zero-order chi connectivity index (χ0) is 13.4. The van der Waals surface area contributed by atoms with Gasteiger partial charge in [0, 0.05) is 17.3 Å². The van der Waals surface area contributed by atoms with Crippen molar-refractivity contribution in [1.82, 2.24) is 4.98 Å². The summed E-state index contributed by atoms with van der Waals surface area (Å²) in [5.74, 6) is -1.17. The average molecular weight is 278 g/mol. The van der Waals surface area contributed by atoms with Crippen molar-refractivity contribution in [3.8, 4) is 0 Å². The number of aryl methyl sites for hydroxylation is 1. The van der Waals surface area contributed by atoms with Crippen molar-refractivity contribution < 1.29 is 13.2 Å². The molecule has 1 saturated carbocycles. The molecule has 0 aliphatic heterocycles. The summed E-state index contributed by atoms with van der Waals surface area (Å²) in [5, 5.41) is 2.91. The average Bonchev–Trinajstić information content (AvgIpc) is 2.62. The predicted octanol–water partition coefficient (Wildman–Crippen LogP) is 3.44. The fraction of sp³-hybridized carbons (Fsp3) is 0.750. The second-order valence-corrected chi connectivity index (χ2v) is 6.28. The fourth-order valence-corrected chi connectivity index (χ4v) is 3.16. The van der Waals surface area contributed by atoms with E-state index in [1.807, 2.05) is 12.3 Å². The highest BCUT2D eigenvalue weighted by molar-refractivity contribution is 7.09. The van der Waals surface area contributed by atoms with Gasteiger partial charge in [-0.15, -0.1) is 11.3 Å². The molecule has 0 aromatic carbocycles. The van der Waals surface area contributed by atoms with Gasteiger partial charge in [0.2, 0.25) is 0 Å². The summed E-state index contributed by atoms with van der Waals surface area (Å²) < 4.78 is 37.7. The molecule has 1 aromatic rings. The number of alkyl halides is 3. The summed E-state index contributed by atoms with van der Waals surface area (Å²) in [6.07, 6.45) is -2.35. The highest BCUT2D eigenvalue weighted by Crippen LogP contribution is 2.41. The molecule has 1 aliphatic carbocycles. The molecule has 0 unspecified atom stereocenters. The minimum absolute atomic E-state index is 0.142. The van der Waals surface area contributed by atoms with Crippen molar-refractivity contribution >= 4 is 11.3 Å². The van der Waals surface area contributed by atoms with Crippen molar-refractivity contribution in [1.29, 1.82) is 0 Å². The molecule has 0 bridgehead atoms. The van der Waals surface area contributed by atoms with Crippen molar-refractivity contribution in [2.45, 2.75) is 50.7 Å². The molecule has 6 heteroatoms. The number of hydrogen-bond acceptors (Lipinski definition) is 3. The summed E-state index contributed by atoms with van der Waals surface area (Å²) in [5.41, 5.74) is 6.60. The first-order valence-electron chi connectivity index (χ1n) is 6.05. The molecule has 2 nitrogen and oxygen atoms in total. The molecule has 0 atom stereocenters. The summed E-state index contributed by atoms with van der Waals surface area (Å²) >= 11 is 1.55. The summed E-state index contributed by atoms with van der Waals surface area (Å²) in [6.45, 7) is 1.91. The van der Waals surface area contributed by atoms with E-state index in [1.165, 1.54) is 0 Å². The van der Waals surface area contributed by atoms with Gasteiger partial charge < -0.3 is 5.73 Å². The Morgan fingerprint density at radius 1 is 1.44 bits per heavy atom. The molecular weight excluding hydrogens is 261 g/mol. The molecule has 1 heterocycles. The third-order valence-corrected chi connectivity index (χ3v) is 4.47. The first kappa shape index (κ1) is 13.8. The molecule has 1 fully saturated rings. The quantitative estimate of drug-likeness (QED) is 0.900. The number of nitrogens with two attached hydrogens (primary N) is 1. The first-order valence-corrected chi connectivity index (χ1v) is 6.93. The van der Waals surface area contributed by atoms with Gasteiger partial charge in [-0.25, -0.2) is 4.98 Å². The first-order chi connectivity index (χ1) is 8.28. The lowest BCUT2D eigenvalue weighted by molar-refractivity contribution is -0.184. The van der Waals surface area contributed by atoms with Gasteiger partial charge in [0.1, 0.15) is 0 Å². The van der Waals surface area contributed by atoms with Crippen molar-refractivity contribution in [3.63, 3.8) is 0 Å². The Morgan fingerprint density at radius 3 is 2.50 bits per heavy atom. The van der Waals surface area contributed by atoms with Crippen LogP contribution in [0.15, 0.2) is 5.38 Å². The standard InChI is InChI=1S/C12H17F3N2S/c1-8-17-10(7-18-8)6-11(16)4-2-9(3-5-11)12(13,14)15/h7,9H,2-6,16H2,1H3. The molecule has 1 aliphatic rings. The zero-order valence-electron chi connectivity index (χ0n) is 10.3. The maximum atomic E-state index is 12.6. The van der Waals surface area contributed by atoms with E-state index >= 15 is 0 Å². The molecule has 0 spiro atoms. The Kier molecular flexibility index (Phi) is 3.69. The van der Waals surface area contributed by atoms with Crippen molar-refractivity contribution in [2.24, 2.45) is 11.7 Å². The van der Waals surface area contributed by atoms with E-state index in [9.17, 15) is 13.2 Å². The van der Waals surface area contributed by atoms with Crippen LogP contribution in [0.2, 0.25) is 0 Å². The largest absolute Gasteiger partial charge is 0.391 e. The lowest BCUT2D eigenvalue weighted by Crippen LogP contribution is -2.47. The third kappa shape index (κ3) is 3.23. The lowest BCUT2D eigenvalue weighted by atomic mass is 9.74. The molecule has 102 valence electrons. The van der Waals surface area contributed by atoms with E-state index in [2.05, 4.69) is 4.98 Å². The molecule has 0 radical (unpaired) electrons. The van der Waals surface area contributed by atoms with Gasteiger partial charge in [-0.2, -0.15) is 13.2 Å². The molecule has 0 saturated heterocycles. The van der Waals surface area contributed by atoms with Crippen molar-refractivity contribution in [2.75, 3.05) is 0 Å². The van der Waals surface area contributed by atoms with E-state index in [0.717, 1.165) is 10.7 Å². The predicted molar refractivity (Wildman–Crippen MR) is 65.5 cm³/mol. The Balaban J connectivity index is 1.95. The van der Waals surface area contributed by atoms with Crippen molar-refractivity contribution in [3.05, 3.63) is 16.1 Å². The van der Waals surface area contributed by atoms with Gasteiger partial charge in [-0.05, 0) is 32.6 Å². The van der Waals surface area contributed by atoms with Gasteiger partial charge in [0.05, 0.1) is 16.6 Å². The maximum absolute atomic E-state index is 12.6. The summed E-state index contributed by atoms with van der Waals surface area (Å²) in [4.78, 5) is 4.33. The minimum Gasteiger partial charge on any atom is -0.325 e. The number of hydrogen-bond donors (Lipinski definition) is 1. The second-order valence-electron chi connectivity index (χ2n) is 5.21. The molecule has 2 rings (SSSR count). The van der Waals surface area contributed by atoms with Gasteiger partial charge in [0.25, 0.3) is 0 Å². The molecule has 0 amide bonds. The van der Waals surface area contributed by atoms with Crippen LogP contribution in [0.1, 0.15) is 36.4 Å². The van der Waals surface area contributed by atoms with Gasteiger partial charge in [-0.3, -0.25) is 0 Å². The van der Waals surface area contributed by atoms with Crippen LogP contribution in [0.3, 0.4) is 0 Å².